The Kier molecular flexibility index (Phi) is 6.68. The molecule has 2 amide bonds. The van der Waals surface area contributed by atoms with E-state index in [2.05, 4.69) is 5.32 Å². The Morgan fingerprint density at radius 2 is 1.90 bits per heavy atom. The third kappa shape index (κ3) is 5.43. The molecule has 0 saturated carbocycles. The van der Waals surface area contributed by atoms with Crippen molar-refractivity contribution in [2.75, 3.05) is 45.7 Å². The number of ether oxygens (including phenoxy) is 1. The molecule has 0 aromatic heterocycles. The van der Waals surface area contributed by atoms with E-state index in [0.29, 0.717) is 18.0 Å². The molecule has 0 aliphatic rings. The van der Waals surface area contributed by atoms with Crippen LogP contribution < -0.4 is 15.0 Å². The maximum atomic E-state index is 11.9. The number of carbonyl (C=O) groups is 2. The molecule has 6 nitrogen and oxygen atoms in total. The fourth-order valence-corrected chi connectivity index (χ4v) is 1.84. The van der Waals surface area contributed by atoms with Crippen molar-refractivity contribution in [1.82, 2.24) is 10.2 Å². The second kappa shape index (κ2) is 8.26. The highest BCUT2D eigenvalue weighted by Crippen LogP contribution is 2.27. The largest absolute Gasteiger partial charge is 0.495 e. The molecule has 116 valence electrons. The first-order valence-corrected chi connectivity index (χ1v) is 6.78. The van der Waals surface area contributed by atoms with Gasteiger partial charge in [-0.3, -0.25) is 14.5 Å². The van der Waals surface area contributed by atoms with E-state index in [1.54, 1.807) is 18.2 Å². The summed E-state index contributed by atoms with van der Waals surface area (Å²) < 4.78 is 5.24. The van der Waals surface area contributed by atoms with Crippen LogP contribution in [0.15, 0.2) is 24.3 Å². The zero-order valence-corrected chi connectivity index (χ0v) is 13.0. The van der Waals surface area contributed by atoms with Crippen LogP contribution in [0, 0.1) is 0 Å². The van der Waals surface area contributed by atoms with Crippen LogP contribution in [-0.4, -0.2) is 57.6 Å². The first kappa shape index (κ1) is 17.0. The van der Waals surface area contributed by atoms with Gasteiger partial charge in [-0.15, -0.1) is 0 Å². The van der Waals surface area contributed by atoms with Gasteiger partial charge in [-0.05, 0) is 26.2 Å². The lowest BCUT2D eigenvalue weighted by Crippen LogP contribution is -2.41. The fraction of sp³-hybridized carbons (Fsp3) is 0.467. The molecule has 0 atom stereocenters. The van der Waals surface area contributed by atoms with E-state index in [-0.39, 0.29) is 18.4 Å². The first-order valence-electron chi connectivity index (χ1n) is 6.78. The Morgan fingerprint density at radius 1 is 1.24 bits per heavy atom. The molecule has 1 aromatic carbocycles. The van der Waals surface area contributed by atoms with Crippen molar-refractivity contribution in [3.8, 4) is 5.75 Å². The van der Waals surface area contributed by atoms with Gasteiger partial charge in [0.15, 0.2) is 0 Å². The number of hydrogen-bond donors (Lipinski definition) is 1. The lowest BCUT2D eigenvalue weighted by atomic mass is 10.2. The van der Waals surface area contributed by atoms with Crippen LogP contribution in [0.2, 0.25) is 0 Å². The molecule has 6 heteroatoms. The number of rotatable bonds is 7. The Balaban J connectivity index is 2.74. The van der Waals surface area contributed by atoms with Gasteiger partial charge in [0.25, 0.3) is 0 Å². The summed E-state index contributed by atoms with van der Waals surface area (Å²) in [6, 6.07) is 7.14. The van der Waals surface area contributed by atoms with Crippen LogP contribution >= 0.6 is 0 Å². The maximum Gasteiger partial charge on any atom is 0.240 e. The minimum Gasteiger partial charge on any atom is -0.495 e. The molecule has 0 fully saturated rings. The maximum absolute atomic E-state index is 11.9. The molecule has 1 aromatic rings. The molecule has 0 saturated heterocycles. The van der Waals surface area contributed by atoms with Gasteiger partial charge in [-0.1, -0.05) is 12.1 Å². The number of amides is 2. The van der Waals surface area contributed by atoms with E-state index in [4.69, 9.17) is 4.74 Å². The van der Waals surface area contributed by atoms with Gasteiger partial charge in [0.05, 0.1) is 12.8 Å². The minimum absolute atomic E-state index is 0.0247. The minimum atomic E-state index is -0.206. The van der Waals surface area contributed by atoms with Crippen molar-refractivity contribution in [2.24, 2.45) is 0 Å². The molecule has 0 aliphatic carbocycles. The number of hydrogen-bond acceptors (Lipinski definition) is 4. The molecule has 0 heterocycles. The summed E-state index contributed by atoms with van der Waals surface area (Å²) in [4.78, 5) is 27.1. The Labute approximate surface area is 125 Å². The predicted molar refractivity (Wildman–Crippen MR) is 82.6 cm³/mol. The number of anilines is 1. The molecule has 0 bridgehead atoms. The van der Waals surface area contributed by atoms with Gasteiger partial charge in [0, 0.05) is 20.0 Å². The van der Waals surface area contributed by atoms with Crippen molar-refractivity contribution in [2.45, 2.75) is 6.92 Å². The summed E-state index contributed by atoms with van der Waals surface area (Å²) in [7, 11) is 5.40. The molecule has 0 radical (unpaired) electrons. The van der Waals surface area contributed by atoms with Crippen LogP contribution in [0.3, 0.4) is 0 Å². The molecule has 21 heavy (non-hydrogen) atoms. The highest BCUT2D eigenvalue weighted by Gasteiger charge is 2.18. The molecule has 0 spiro atoms. The summed E-state index contributed by atoms with van der Waals surface area (Å²) in [5.41, 5.74) is 0.593. The van der Waals surface area contributed by atoms with E-state index < -0.39 is 0 Å². The highest BCUT2D eigenvalue weighted by atomic mass is 16.5. The van der Waals surface area contributed by atoms with Crippen molar-refractivity contribution >= 4 is 17.5 Å². The lowest BCUT2D eigenvalue weighted by molar-refractivity contribution is -0.123. The van der Waals surface area contributed by atoms with Crippen molar-refractivity contribution < 1.29 is 14.3 Å². The van der Waals surface area contributed by atoms with Crippen LogP contribution in [0.1, 0.15) is 6.92 Å². The Morgan fingerprint density at radius 3 is 2.48 bits per heavy atom. The van der Waals surface area contributed by atoms with Crippen LogP contribution in [0.5, 0.6) is 5.75 Å². The quantitative estimate of drug-likeness (QED) is 0.805. The monoisotopic (exact) mass is 293 g/mol. The number of para-hydroxylation sites is 2. The van der Waals surface area contributed by atoms with E-state index in [9.17, 15) is 9.59 Å². The number of nitrogens with one attached hydrogen (secondary N) is 1. The zero-order valence-electron chi connectivity index (χ0n) is 13.0. The lowest BCUT2D eigenvalue weighted by Gasteiger charge is -2.22. The smallest absolute Gasteiger partial charge is 0.240 e. The number of likely N-dealkylation sites (N-methyl/N-ethyl adjacent to an activating group) is 1. The third-order valence-corrected chi connectivity index (χ3v) is 2.94. The molecule has 0 aliphatic heterocycles. The van der Waals surface area contributed by atoms with Crippen LogP contribution in [0.25, 0.3) is 0 Å². The SMILES string of the molecule is COc1ccccc1N(CC(=O)NCCN(C)C)C(C)=O. The third-order valence-electron chi connectivity index (χ3n) is 2.94. The number of methoxy groups -OCH3 is 1. The van der Waals surface area contributed by atoms with Gasteiger partial charge < -0.3 is 15.0 Å². The molecular formula is C15H23N3O3. The standard InChI is InChI=1S/C15H23N3O3/c1-12(19)18(11-15(20)16-9-10-17(2)3)13-7-5-6-8-14(13)21-4/h5-8H,9-11H2,1-4H3,(H,16,20). The zero-order chi connectivity index (χ0) is 15.8. The van der Waals surface area contributed by atoms with E-state index >= 15 is 0 Å². The summed E-state index contributed by atoms with van der Waals surface area (Å²) >= 11 is 0. The summed E-state index contributed by atoms with van der Waals surface area (Å²) in [5.74, 6) is 0.161. The first-order chi connectivity index (χ1) is 9.95. The average molecular weight is 293 g/mol. The number of nitrogens with zero attached hydrogens (tertiary/aromatic N) is 2. The predicted octanol–water partition coefficient (Wildman–Crippen LogP) is 0.726. The fourth-order valence-electron chi connectivity index (χ4n) is 1.84. The van der Waals surface area contributed by atoms with Crippen molar-refractivity contribution in [3.05, 3.63) is 24.3 Å². The van der Waals surface area contributed by atoms with Crippen LogP contribution in [0.4, 0.5) is 5.69 Å². The Bertz CT molecular complexity index is 489. The molecule has 1 N–H and O–H groups in total. The number of carbonyl (C=O) groups excluding carboxylic acids is 2. The van der Waals surface area contributed by atoms with E-state index in [1.165, 1.54) is 18.9 Å². The molecule has 0 unspecified atom stereocenters. The van der Waals surface area contributed by atoms with Gasteiger partial charge >= 0.3 is 0 Å². The topological polar surface area (TPSA) is 61.9 Å². The Hall–Kier alpha value is -2.08. The van der Waals surface area contributed by atoms with E-state index in [1.807, 2.05) is 25.1 Å². The highest BCUT2D eigenvalue weighted by molar-refractivity contribution is 5.98. The second-order valence-corrected chi connectivity index (χ2v) is 4.93. The molecule has 1 rings (SSSR count). The second-order valence-electron chi connectivity index (χ2n) is 4.93. The average Bonchev–Trinajstić information content (AvgIpc) is 2.44. The van der Waals surface area contributed by atoms with Gasteiger partial charge in [-0.25, -0.2) is 0 Å². The van der Waals surface area contributed by atoms with Crippen LogP contribution in [-0.2, 0) is 9.59 Å². The summed E-state index contributed by atoms with van der Waals surface area (Å²) in [6.45, 7) is 2.70. The number of benzene rings is 1. The normalized spacial score (nSPS) is 10.3. The van der Waals surface area contributed by atoms with Gasteiger partial charge in [0.1, 0.15) is 12.3 Å². The van der Waals surface area contributed by atoms with E-state index in [0.717, 1.165) is 6.54 Å². The summed E-state index contributed by atoms with van der Waals surface area (Å²) in [6.07, 6.45) is 0. The van der Waals surface area contributed by atoms with Gasteiger partial charge in [-0.2, -0.15) is 0 Å². The van der Waals surface area contributed by atoms with Crippen molar-refractivity contribution in [1.29, 1.82) is 0 Å². The molecular weight excluding hydrogens is 270 g/mol. The van der Waals surface area contributed by atoms with Gasteiger partial charge in [0.2, 0.25) is 11.8 Å². The van der Waals surface area contributed by atoms with Crippen molar-refractivity contribution in [3.63, 3.8) is 0 Å². The summed E-state index contributed by atoms with van der Waals surface area (Å²) in [5, 5.41) is 2.79.